The highest BCUT2D eigenvalue weighted by molar-refractivity contribution is 7.90. The molecule has 0 spiro atoms. The molecule has 1 heterocycles. The first-order valence-electron chi connectivity index (χ1n) is 6.39. The molecule has 1 aliphatic heterocycles. The van der Waals surface area contributed by atoms with Crippen LogP contribution in [0.2, 0.25) is 0 Å². The molecule has 0 bridgehead atoms. The van der Waals surface area contributed by atoms with E-state index in [2.05, 4.69) is 4.90 Å². The number of nitrogens with zero attached hydrogens (tertiary/aromatic N) is 1. The van der Waals surface area contributed by atoms with Gasteiger partial charge in [-0.15, -0.1) is 0 Å². The Morgan fingerprint density at radius 2 is 1.61 bits per heavy atom. The summed E-state index contributed by atoms with van der Waals surface area (Å²) in [7, 11) is 0.549. The standard InChI is InChI=1S/C12H25NO4S/c1-16-9-11-5-6-12(10-17-2)13(11)7-4-8-18(3,14)15/h11-12H,4-10H2,1-3H3/t11-,12?/m0/s1. The second kappa shape index (κ2) is 7.43. The lowest BCUT2D eigenvalue weighted by atomic mass is 10.2. The van der Waals surface area contributed by atoms with E-state index in [9.17, 15) is 8.42 Å². The molecule has 6 heteroatoms. The smallest absolute Gasteiger partial charge is 0.147 e. The van der Waals surface area contributed by atoms with E-state index >= 15 is 0 Å². The van der Waals surface area contributed by atoms with Crippen molar-refractivity contribution < 1.29 is 17.9 Å². The van der Waals surface area contributed by atoms with E-state index in [-0.39, 0.29) is 5.75 Å². The maximum absolute atomic E-state index is 11.2. The monoisotopic (exact) mass is 279 g/mol. The number of rotatable bonds is 8. The van der Waals surface area contributed by atoms with E-state index < -0.39 is 9.84 Å². The molecule has 0 saturated carbocycles. The number of sulfone groups is 1. The minimum Gasteiger partial charge on any atom is -0.383 e. The molecule has 1 rings (SSSR count). The van der Waals surface area contributed by atoms with Crippen LogP contribution in [0.4, 0.5) is 0 Å². The third kappa shape index (κ3) is 5.22. The average molecular weight is 279 g/mol. The first-order valence-corrected chi connectivity index (χ1v) is 8.45. The van der Waals surface area contributed by atoms with Crippen molar-refractivity contribution in [3.63, 3.8) is 0 Å². The summed E-state index contributed by atoms with van der Waals surface area (Å²) < 4.78 is 32.8. The lowest BCUT2D eigenvalue weighted by Crippen LogP contribution is -2.41. The minimum absolute atomic E-state index is 0.253. The van der Waals surface area contributed by atoms with Gasteiger partial charge in [0.1, 0.15) is 9.84 Å². The summed E-state index contributed by atoms with van der Waals surface area (Å²) in [5, 5.41) is 0. The molecular weight excluding hydrogens is 254 g/mol. The third-order valence-corrected chi connectivity index (χ3v) is 4.45. The average Bonchev–Trinajstić information content (AvgIpc) is 2.62. The van der Waals surface area contributed by atoms with Gasteiger partial charge >= 0.3 is 0 Å². The molecular formula is C12H25NO4S. The van der Waals surface area contributed by atoms with Gasteiger partial charge < -0.3 is 9.47 Å². The SMILES string of the molecule is COCC1CC[C@@H](COC)N1CCCS(C)(=O)=O. The summed E-state index contributed by atoms with van der Waals surface area (Å²) in [6.07, 6.45) is 4.16. The summed E-state index contributed by atoms with van der Waals surface area (Å²) in [5.74, 6) is 0.253. The molecule has 2 atom stereocenters. The molecule has 0 N–H and O–H groups in total. The fraction of sp³-hybridized carbons (Fsp3) is 1.00. The zero-order valence-corrected chi connectivity index (χ0v) is 12.4. The molecule has 18 heavy (non-hydrogen) atoms. The van der Waals surface area contributed by atoms with Crippen LogP contribution in [0.3, 0.4) is 0 Å². The fourth-order valence-corrected chi connectivity index (χ4v) is 3.29. The van der Waals surface area contributed by atoms with Gasteiger partial charge in [0.2, 0.25) is 0 Å². The predicted octanol–water partition coefficient (Wildman–Crippen LogP) is 0.547. The summed E-state index contributed by atoms with van der Waals surface area (Å²) >= 11 is 0. The van der Waals surface area contributed by atoms with Crippen LogP contribution in [-0.4, -0.2) is 71.4 Å². The van der Waals surface area contributed by atoms with Crippen LogP contribution in [0.25, 0.3) is 0 Å². The van der Waals surface area contributed by atoms with Crippen molar-refractivity contribution in [1.29, 1.82) is 0 Å². The van der Waals surface area contributed by atoms with Crippen LogP contribution in [0.1, 0.15) is 19.3 Å². The van der Waals surface area contributed by atoms with Crippen molar-refractivity contribution in [2.45, 2.75) is 31.3 Å². The Hall–Kier alpha value is -0.170. The largest absolute Gasteiger partial charge is 0.383 e. The third-order valence-electron chi connectivity index (χ3n) is 3.42. The van der Waals surface area contributed by atoms with Gasteiger partial charge in [0.05, 0.1) is 19.0 Å². The van der Waals surface area contributed by atoms with Gasteiger partial charge in [0.15, 0.2) is 0 Å². The molecule has 1 fully saturated rings. The number of hydrogen-bond donors (Lipinski definition) is 0. The molecule has 0 aromatic heterocycles. The molecule has 0 aromatic carbocycles. The molecule has 5 nitrogen and oxygen atoms in total. The number of hydrogen-bond acceptors (Lipinski definition) is 5. The molecule has 1 saturated heterocycles. The number of ether oxygens (including phenoxy) is 2. The summed E-state index contributed by atoms with van der Waals surface area (Å²) in [6.45, 7) is 2.22. The first-order chi connectivity index (χ1) is 8.48. The van der Waals surface area contributed by atoms with E-state index in [1.165, 1.54) is 6.26 Å². The van der Waals surface area contributed by atoms with Gasteiger partial charge in [-0.2, -0.15) is 0 Å². The zero-order chi connectivity index (χ0) is 13.6. The Morgan fingerprint density at radius 1 is 1.11 bits per heavy atom. The van der Waals surface area contributed by atoms with Crippen LogP contribution in [0, 0.1) is 0 Å². The van der Waals surface area contributed by atoms with Gasteiger partial charge in [-0.1, -0.05) is 0 Å². The fourth-order valence-electron chi connectivity index (χ4n) is 2.63. The maximum atomic E-state index is 11.2. The molecule has 0 radical (unpaired) electrons. The Bertz CT molecular complexity index is 317. The van der Waals surface area contributed by atoms with Crippen molar-refractivity contribution in [3.8, 4) is 0 Å². The molecule has 108 valence electrons. The topological polar surface area (TPSA) is 55.8 Å². The van der Waals surface area contributed by atoms with Crippen LogP contribution in [-0.2, 0) is 19.3 Å². The second-order valence-corrected chi connectivity index (χ2v) is 7.28. The quantitative estimate of drug-likeness (QED) is 0.649. The maximum Gasteiger partial charge on any atom is 0.147 e. The van der Waals surface area contributed by atoms with E-state index in [0.717, 1.165) is 19.4 Å². The Morgan fingerprint density at radius 3 is 2.00 bits per heavy atom. The highest BCUT2D eigenvalue weighted by Crippen LogP contribution is 2.24. The first kappa shape index (κ1) is 15.9. The Kier molecular flexibility index (Phi) is 6.55. The van der Waals surface area contributed by atoms with Gasteiger partial charge in [-0.05, 0) is 25.8 Å². The van der Waals surface area contributed by atoms with Crippen LogP contribution < -0.4 is 0 Å². The lowest BCUT2D eigenvalue weighted by molar-refractivity contribution is 0.0632. The van der Waals surface area contributed by atoms with E-state index in [0.29, 0.717) is 31.7 Å². The van der Waals surface area contributed by atoms with Gasteiger partial charge in [0.25, 0.3) is 0 Å². The lowest BCUT2D eigenvalue weighted by Gasteiger charge is -2.29. The second-order valence-electron chi connectivity index (χ2n) is 5.02. The van der Waals surface area contributed by atoms with Crippen molar-refractivity contribution in [2.24, 2.45) is 0 Å². The normalized spacial score (nSPS) is 25.7. The van der Waals surface area contributed by atoms with Gasteiger partial charge in [-0.25, -0.2) is 8.42 Å². The number of likely N-dealkylation sites (tertiary alicyclic amines) is 1. The van der Waals surface area contributed by atoms with Crippen LogP contribution in [0.15, 0.2) is 0 Å². The molecule has 1 unspecified atom stereocenters. The Labute approximate surface area is 110 Å². The van der Waals surface area contributed by atoms with Crippen molar-refractivity contribution >= 4 is 9.84 Å². The minimum atomic E-state index is -2.86. The van der Waals surface area contributed by atoms with Gasteiger partial charge in [-0.3, -0.25) is 4.90 Å². The molecule has 1 aliphatic rings. The highest BCUT2D eigenvalue weighted by Gasteiger charge is 2.32. The van der Waals surface area contributed by atoms with E-state index in [1.807, 2.05) is 0 Å². The van der Waals surface area contributed by atoms with Crippen LogP contribution >= 0.6 is 0 Å². The summed E-state index contributed by atoms with van der Waals surface area (Å²) in [6, 6.07) is 0.796. The molecule has 0 aliphatic carbocycles. The molecule has 0 aromatic rings. The molecule has 0 amide bonds. The van der Waals surface area contributed by atoms with Crippen LogP contribution in [0.5, 0.6) is 0 Å². The van der Waals surface area contributed by atoms with Gasteiger partial charge in [0, 0.05) is 32.6 Å². The Balaban J connectivity index is 2.48. The van der Waals surface area contributed by atoms with Crippen molar-refractivity contribution in [1.82, 2.24) is 4.90 Å². The summed E-state index contributed by atoms with van der Waals surface area (Å²) in [5.41, 5.74) is 0. The van der Waals surface area contributed by atoms with Crippen molar-refractivity contribution in [3.05, 3.63) is 0 Å². The van der Waals surface area contributed by atoms with E-state index in [1.54, 1.807) is 14.2 Å². The van der Waals surface area contributed by atoms with E-state index in [4.69, 9.17) is 9.47 Å². The summed E-state index contributed by atoms with van der Waals surface area (Å²) in [4.78, 5) is 2.35. The zero-order valence-electron chi connectivity index (χ0n) is 11.6. The number of methoxy groups -OCH3 is 2. The predicted molar refractivity (Wildman–Crippen MR) is 71.6 cm³/mol. The highest BCUT2D eigenvalue weighted by atomic mass is 32.2. The van der Waals surface area contributed by atoms with Crippen molar-refractivity contribution in [2.75, 3.05) is 46.0 Å².